The van der Waals surface area contributed by atoms with Gasteiger partial charge in [-0.05, 0) is 36.8 Å². The molecule has 4 aromatic heterocycles. The minimum atomic E-state index is -0.523. The second-order valence-corrected chi connectivity index (χ2v) is 8.22. The summed E-state index contributed by atoms with van der Waals surface area (Å²) in [6.07, 6.45) is 3.01. The maximum atomic E-state index is 13.4. The number of hydrogen-bond acceptors (Lipinski definition) is 5. The van der Waals surface area contributed by atoms with Crippen LogP contribution in [0.3, 0.4) is 0 Å². The molecular formula is C24H18ClN5O3. The van der Waals surface area contributed by atoms with Gasteiger partial charge >= 0.3 is 5.69 Å². The highest BCUT2D eigenvalue weighted by molar-refractivity contribution is 6.30. The highest BCUT2D eigenvalue weighted by Crippen LogP contribution is 2.11. The van der Waals surface area contributed by atoms with Gasteiger partial charge in [0.25, 0.3) is 11.1 Å². The van der Waals surface area contributed by atoms with E-state index in [1.165, 1.54) is 32.0 Å². The summed E-state index contributed by atoms with van der Waals surface area (Å²) in [5.74, 6) is 0. The first-order valence-electron chi connectivity index (χ1n) is 10.2. The van der Waals surface area contributed by atoms with Crippen LogP contribution in [0.25, 0.3) is 16.7 Å². The average Bonchev–Trinajstić information content (AvgIpc) is 2.81. The molecule has 0 unspecified atom stereocenters. The highest BCUT2D eigenvalue weighted by Gasteiger charge is 2.16. The Kier molecular flexibility index (Phi) is 5.14. The lowest BCUT2D eigenvalue weighted by Crippen LogP contribution is -2.41. The Balaban J connectivity index is 1.68. The van der Waals surface area contributed by atoms with Crippen LogP contribution in [0.2, 0.25) is 5.02 Å². The van der Waals surface area contributed by atoms with E-state index in [0.717, 1.165) is 11.1 Å². The molecule has 5 aromatic rings. The minimum absolute atomic E-state index is 0.0190. The number of halogens is 1. The normalized spacial score (nSPS) is 11.3. The molecule has 33 heavy (non-hydrogen) atoms. The molecule has 0 bridgehead atoms. The predicted octanol–water partition coefficient (Wildman–Crippen LogP) is 2.62. The van der Waals surface area contributed by atoms with Gasteiger partial charge in [-0.2, -0.15) is 0 Å². The van der Waals surface area contributed by atoms with Crippen molar-refractivity contribution >= 4 is 28.3 Å². The van der Waals surface area contributed by atoms with Crippen LogP contribution in [0.1, 0.15) is 16.8 Å². The molecule has 8 nitrogen and oxygen atoms in total. The van der Waals surface area contributed by atoms with Crippen molar-refractivity contribution in [3.8, 4) is 0 Å². The topological polar surface area (TPSA) is 91.3 Å². The van der Waals surface area contributed by atoms with Gasteiger partial charge in [0.1, 0.15) is 11.3 Å². The third-order valence-electron chi connectivity index (χ3n) is 5.44. The monoisotopic (exact) mass is 459 g/mol. The number of nitrogens with zero attached hydrogens (tertiary/aromatic N) is 5. The predicted molar refractivity (Wildman–Crippen MR) is 126 cm³/mol. The van der Waals surface area contributed by atoms with Crippen molar-refractivity contribution in [1.29, 1.82) is 0 Å². The summed E-state index contributed by atoms with van der Waals surface area (Å²) in [4.78, 5) is 47.9. The van der Waals surface area contributed by atoms with Crippen LogP contribution < -0.4 is 16.8 Å². The number of pyridine rings is 2. The molecule has 9 heteroatoms. The van der Waals surface area contributed by atoms with Crippen molar-refractivity contribution in [1.82, 2.24) is 23.5 Å². The van der Waals surface area contributed by atoms with Gasteiger partial charge in [0.05, 0.1) is 29.2 Å². The molecule has 0 spiro atoms. The molecule has 164 valence electrons. The van der Waals surface area contributed by atoms with Gasteiger partial charge in [0.2, 0.25) is 0 Å². The van der Waals surface area contributed by atoms with E-state index in [-0.39, 0.29) is 24.3 Å². The van der Waals surface area contributed by atoms with Crippen molar-refractivity contribution in [2.45, 2.75) is 20.0 Å². The van der Waals surface area contributed by atoms with Crippen molar-refractivity contribution < 1.29 is 0 Å². The SMILES string of the molecule is Cc1ccc(Cn2c(=O)c3cccnc3n(Cc3cc(=O)n4cc(Cl)ccc4n3)c2=O)cc1. The first kappa shape index (κ1) is 20.8. The van der Waals surface area contributed by atoms with Crippen molar-refractivity contribution in [2.75, 3.05) is 0 Å². The van der Waals surface area contributed by atoms with Crippen LogP contribution in [0, 0.1) is 6.92 Å². The van der Waals surface area contributed by atoms with Gasteiger partial charge < -0.3 is 0 Å². The number of aromatic nitrogens is 5. The van der Waals surface area contributed by atoms with E-state index in [1.54, 1.807) is 24.3 Å². The van der Waals surface area contributed by atoms with Gasteiger partial charge in [-0.1, -0.05) is 41.4 Å². The molecule has 0 saturated heterocycles. The molecule has 0 aliphatic heterocycles. The molecule has 0 atom stereocenters. The molecule has 0 fully saturated rings. The lowest BCUT2D eigenvalue weighted by molar-refractivity contribution is 0.625. The van der Waals surface area contributed by atoms with Crippen molar-refractivity contribution in [3.05, 3.63) is 120 Å². The van der Waals surface area contributed by atoms with Crippen molar-refractivity contribution in [3.63, 3.8) is 0 Å². The van der Waals surface area contributed by atoms with Gasteiger partial charge in [-0.25, -0.2) is 14.8 Å². The second-order valence-electron chi connectivity index (χ2n) is 7.78. The molecule has 0 N–H and O–H groups in total. The Morgan fingerprint density at radius 3 is 2.52 bits per heavy atom. The molecule has 0 aliphatic rings. The molecule has 4 heterocycles. The average molecular weight is 460 g/mol. The van der Waals surface area contributed by atoms with E-state index < -0.39 is 11.2 Å². The third-order valence-corrected chi connectivity index (χ3v) is 5.66. The van der Waals surface area contributed by atoms with Crippen LogP contribution in [-0.4, -0.2) is 23.5 Å². The third kappa shape index (κ3) is 3.85. The molecular weight excluding hydrogens is 442 g/mol. The number of aryl methyl sites for hydroxylation is 1. The van der Waals surface area contributed by atoms with E-state index in [2.05, 4.69) is 9.97 Å². The minimum Gasteiger partial charge on any atom is -0.271 e. The zero-order valence-corrected chi connectivity index (χ0v) is 18.4. The Morgan fingerprint density at radius 2 is 1.73 bits per heavy atom. The second kappa shape index (κ2) is 8.14. The van der Waals surface area contributed by atoms with Gasteiger partial charge in [-0.3, -0.25) is 23.1 Å². The lowest BCUT2D eigenvalue weighted by atomic mass is 10.1. The van der Waals surface area contributed by atoms with E-state index in [0.29, 0.717) is 21.7 Å². The van der Waals surface area contributed by atoms with E-state index in [4.69, 9.17) is 11.6 Å². The number of benzene rings is 1. The standard InChI is InChI=1S/C24H18ClN5O3/c1-15-4-6-16(7-5-15)12-30-23(32)19-3-2-10-26-22(19)29(24(30)33)14-18-11-21(31)28-13-17(25)8-9-20(28)27-18/h2-11,13H,12,14H2,1H3. The number of hydrogen-bond donors (Lipinski definition) is 0. The van der Waals surface area contributed by atoms with E-state index >= 15 is 0 Å². The quantitative estimate of drug-likeness (QED) is 0.412. The first-order valence-corrected chi connectivity index (χ1v) is 10.6. The van der Waals surface area contributed by atoms with Gasteiger partial charge in [0, 0.05) is 18.5 Å². The Labute approximate surface area is 192 Å². The molecule has 0 saturated carbocycles. The van der Waals surface area contributed by atoms with Crippen LogP contribution in [0.4, 0.5) is 0 Å². The molecule has 0 amide bonds. The highest BCUT2D eigenvalue weighted by atomic mass is 35.5. The summed E-state index contributed by atoms with van der Waals surface area (Å²) >= 11 is 5.98. The largest absolute Gasteiger partial charge is 0.333 e. The maximum absolute atomic E-state index is 13.4. The Morgan fingerprint density at radius 1 is 0.939 bits per heavy atom. The molecule has 1 aromatic carbocycles. The fourth-order valence-corrected chi connectivity index (χ4v) is 3.94. The zero-order valence-electron chi connectivity index (χ0n) is 17.6. The van der Waals surface area contributed by atoms with E-state index in [9.17, 15) is 14.4 Å². The van der Waals surface area contributed by atoms with E-state index in [1.807, 2.05) is 31.2 Å². The van der Waals surface area contributed by atoms with Gasteiger partial charge in [-0.15, -0.1) is 0 Å². The lowest BCUT2D eigenvalue weighted by Gasteiger charge is -2.13. The summed E-state index contributed by atoms with van der Waals surface area (Å²) in [5.41, 5.74) is 1.67. The Bertz CT molecular complexity index is 1700. The fourth-order valence-electron chi connectivity index (χ4n) is 3.77. The maximum Gasteiger partial charge on any atom is 0.333 e. The first-order chi connectivity index (χ1) is 15.9. The summed E-state index contributed by atoms with van der Waals surface area (Å²) < 4.78 is 3.89. The zero-order chi connectivity index (χ0) is 23.1. The molecule has 0 radical (unpaired) electrons. The summed E-state index contributed by atoms with van der Waals surface area (Å²) in [7, 11) is 0. The fraction of sp³-hybridized carbons (Fsp3) is 0.125. The molecule has 0 aliphatic carbocycles. The van der Waals surface area contributed by atoms with Crippen LogP contribution in [0.5, 0.6) is 0 Å². The van der Waals surface area contributed by atoms with Crippen LogP contribution >= 0.6 is 11.6 Å². The smallest absolute Gasteiger partial charge is 0.271 e. The van der Waals surface area contributed by atoms with Crippen LogP contribution in [-0.2, 0) is 13.1 Å². The Hall–Kier alpha value is -4.04. The summed E-state index contributed by atoms with van der Waals surface area (Å²) in [6, 6.07) is 15.5. The van der Waals surface area contributed by atoms with Gasteiger partial charge in [0.15, 0.2) is 0 Å². The van der Waals surface area contributed by atoms with Crippen LogP contribution in [0.15, 0.2) is 81.4 Å². The number of rotatable bonds is 4. The molecule has 5 rings (SSSR count). The summed E-state index contributed by atoms with van der Waals surface area (Å²) in [6.45, 7) is 2.07. The van der Waals surface area contributed by atoms with Crippen molar-refractivity contribution in [2.24, 2.45) is 0 Å². The number of fused-ring (bicyclic) bond motifs is 2. The summed E-state index contributed by atoms with van der Waals surface area (Å²) in [5, 5.41) is 0.724.